The van der Waals surface area contributed by atoms with E-state index in [1.54, 1.807) is 0 Å². The first-order valence-electron chi connectivity index (χ1n) is 4.66. The van der Waals surface area contributed by atoms with Crippen LogP contribution in [0.3, 0.4) is 0 Å². The molecule has 66 valence electrons. The first kappa shape index (κ1) is 9.05. The molecule has 2 N–H and O–H groups in total. The molecule has 1 aliphatic carbocycles. The van der Waals surface area contributed by atoms with Crippen LogP contribution in [0.15, 0.2) is 0 Å². The minimum absolute atomic E-state index is 0.201. The molecule has 1 saturated carbocycles. The topological polar surface area (TPSA) is 26.0 Å². The molecule has 11 heavy (non-hydrogen) atoms. The van der Waals surface area contributed by atoms with Crippen molar-refractivity contribution in [3.63, 3.8) is 0 Å². The lowest BCUT2D eigenvalue weighted by Gasteiger charge is -2.23. The second-order valence-corrected chi connectivity index (χ2v) is 5.28. The van der Waals surface area contributed by atoms with Gasteiger partial charge in [-0.2, -0.15) is 0 Å². The van der Waals surface area contributed by atoms with Crippen LogP contribution in [0.25, 0.3) is 0 Å². The third kappa shape index (κ3) is 2.19. The summed E-state index contributed by atoms with van der Waals surface area (Å²) in [6.45, 7) is 9.05. The van der Waals surface area contributed by atoms with Crippen molar-refractivity contribution < 1.29 is 0 Å². The van der Waals surface area contributed by atoms with Crippen LogP contribution in [-0.4, -0.2) is 5.54 Å². The molecule has 0 aromatic heterocycles. The molecule has 2 unspecified atom stereocenters. The van der Waals surface area contributed by atoms with Gasteiger partial charge in [-0.1, -0.05) is 34.1 Å². The summed E-state index contributed by atoms with van der Waals surface area (Å²) in [5.74, 6) is 0.807. The van der Waals surface area contributed by atoms with E-state index < -0.39 is 0 Å². The summed E-state index contributed by atoms with van der Waals surface area (Å²) >= 11 is 0. The van der Waals surface area contributed by atoms with E-state index in [4.69, 9.17) is 5.73 Å². The van der Waals surface area contributed by atoms with Crippen molar-refractivity contribution in [2.24, 2.45) is 17.1 Å². The van der Waals surface area contributed by atoms with Crippen LogP contribution in [0.5, 0.6) is 0 Å². The van der Waals surface area contributed by atoms with Gasteiger partial charge in [0.05, 0.1) is 0 Å². The first-order chi connectivity index (χ1) is 4.87. The fourth-order valence-electron chi connectivity index (χ4n) is 2.15. The van der Waals surface area contributed by atoms with E-state index in [2.05, 4.69) is 27.7 Å². The normalized spacial score (nSPS) is 37.4. The van der Waals surface area contributed by atoms with E-state index in [-0.39, 0.29) is 5.54 Å². The summed E-state index contributed by atoms with van der Waals surface area (Å²) in [5.41, 5.74) is 6.79. The highest BCUT2D eigenvalue weighted by Crippen LogP contribution is 2.49. The molecule has 0 aromatic rings. The molecular formula is C10H21N. The number of hydrogen-bond acceptors (Lipinski definition) is 1. The van der Waals surface area contributed by atoms with Crippen LogP contribution < -0.4 is 5.73 Å². The van der Waals surface area contributed by atoms with E-state index in [0.717, 1.165) is 5.92 Å². The summed E-state index contributed by atoms with van der Waals surface area (Å²) in [5, 5.41) is 0. The third-order valence-electron chi connectivity index (χ3n) is 2.63. The second kappa shape index (κ2) is 2.48. The maximum absolute atomic E-state index is 6.19. The van der Waals surface area contributed by atoms with Crippen LogP contribution in [0.4, 0.5) is 0 Å². The molecule has 0 aromatic carbocycles. The van der Waals surface area contributed by atoms with Gasteiger partial charge in [0.25, 0.3) is 0 Å². The molecule has 1 aliphatic rings. The van der Waals surface area contributed by atoms with Gasteiger partial charge in [-0.25, -0.2) is 0 Å². The van der Waals surface area contributed by atoms with Gasteiger partial charge in [-0.3, -0.25) is 0 Å². The van der Waals surface area contributed by atoms with Gasteiger partial charge < -0.3 is 5.73 Å². The van der Waals surface area contributed by atoms with Crippen LogP contribution in [-0.2, 0) is 0 Å². The Hall–Kier alpha value is -0.0400. The number of hydrogen-bond donors (Lipinski definition) is 1. The van der Waals surface area contributed by atoms with Crippen molar-refractivity contribution in [2.45, 2.75) is 52.5 Å². The summed E-state index contributed by atoms with van der Waals surface area (Å²) in [6.07, 6.45) is 3.69. The molecule has 0 spiro atoms. The van der Waals surface area contributed by atoms with Gasteiger partial charge in [-0.15, -0.1) is 0 Å². The zero-order valence-corrected chi connectivity index (χ0v) is 8.28. The average molecular weight is 155 g/mol. The van der Waals surface area contributed by atoms with Gasteiger partial charge in [0, 0.05) is 5.54 Å². The molecule has 0 bridgehead atoms. The summed E-state index contributed by atoms with van der Waals surface area (Å²) in [4.78, 5) is 0. The molecule has 0 amide bonds. The quantitative estimate of drug-likeness (QED) is 0.651. The highest BCUT2D eigenvalue weighted by Gasteiger charge is 2.50. The van der Waals surface area contributed by atoms with Crippen molar-refractivity contribution in [1.82, 2.24) is 0 Å². The minimum Gasteiger partial charge on any atom is -0.325 e. The molecule has 1 nitrogen and oxygen atoms in total. The number of nitrogens with two attached hydrogens (primary N) is 1. The Morgan fingerprint density at radius 3 is 2.27 bits per heavy atom. The van der Waals surface area contributed by atoms with E-state index >= 15 is 0 Å². The molecule has 0 aliphatic heterocycles. The standard InChI is InChI=1S/C10H21N/c1-5-8-6-10(8,11)7-9(2,3)4/h8H,5-7,11H2,1-4H3. The Morgan fingerprint density at radius 2 is 2.00 bits per heavy atom. The Bertz CT molecular complexity index is 145. The van der Waals surface area contributed by atoms with Gasteiger partial charge in [0.15, 0.2) is 0 Å². The predicted molar refractivity (Wildman–Crippen MR) is 49.4 cm³/mol. The monoisotopic (exact) mass is 155 g/mol. The lowest BCUT2D eigenvalue weighted by molar-refractivity contribution is 0.316. The molecule has 1 rings (SSSR count). The lowest BCUT2D eigenvalue weighted by atomic mass is 9.86. The average Bonchev–Trinajstić information content (AvgIpc) is 2.36. The second-order valence-electron chi connectivity index (χ2n) is 5.28. The molecular weight excluding hydrogens is 134 g/mol. The van der Waals surface area contributed by atoms with Crippen molar-refractivity contribution in [1.29, 1.82) is 0 Å². The van der Waals surface area contributed by atoms with Crippen molar-refractivity contribution in [3.8, 4) is 0 Å². The first-order valence-corrected chi connectivity index (χ1v) is 4.66. The molecule has 1 fully saturated rings. The van der Waals surface area contributed by atoms with Gasteiger partial charge in [-0.05, 0) is 24.2 Å². The van der Waals surface area contributed by atoms with Crippen molar-refractivity contribution >= 4 is 0 Å². The Balaban J connectivity index is 2.40. The Morgan fingerprint density at radius 1 is 1.45 bits per heavy atom. The molecule has 0 radical (unpaired) electrons. The molecule has 1 heteroatoms. The Labute approximate surface area is 70.4 Å². The van der Waals surface area contributed by atoms with E-state index in [1.807, 2.05) is 0 Å². The maximum Gasteiger partial charge on any atom is 0.0191 e. The predicted octanol–water partition coefficient (Wildman–Crippen LogP) is 2.55. The molecule has 0 heterocycles. The number of rotatable bonds is 2. The van der Waals surface area contributed by atoms with E-state index in [1.165, 1.54) is 19.3 Å². The van der Waals surface area contributed by atoms with Crippen LogP contribution in [0, 0.1) is 11.3 Å². The fourth-order valence-corrected chi connectivity index (χ4v) is 2.15. The van der Waals surface area contributed by atoms with Gasteiger partial charge in [0.1, 0.15) is 0 Å². The Kier molecular flexibility index (Phi) is 2.04. The molecule has 0 saturated heterocycles. The summed E-state index contributed by atoms with van der Waals surface area (Å²) in [7, 11) is 0. The highest BCUT2D eigenvalue weighted by molar-refractivity contribution is 5.08. The van der Waals surface area contributed by atoms with Crippen LogP contribution in [0.1, 0.15) is 47.0 Å². The largest absolute Gasteiger partial charge is 0.325 e. The summed E-state index contributed by atoms with van der Waals surface area (Å²) in [6, 6.07) is 0. The smallest absolute Gasteiger partial charge is 0.0191 e. The van der Waals surface area contributed by atoms with E-state index in [9.17, 15) is 0 Å². The third-order valence-corrected chi connectivity index (χ3v) is 2.63. The van der Waals surface area contributed by atoms with Gasteiger partial charge in [0.2, 0.25) is 0 Å². The van der Waals surface area contributed by atoms with Crippen LogP contribution >= 0.6 is 0 Å². The molecule has 2 atom stereocenters. The maximum atomic E-state index is 6.19. The minimum atomic E-state index is 0.201. The lowest BCUT2D eigenvalue weighted by Crippen LogP contribution is -2.30. The van der Waals surface area contributed by atoms with Gasteiger partial charge >= 0.3 is 0 Å². The zero-order valence-electron chi connectivity index (χ0n) is 8.28. The van der Waals surface area contributed by atoms with Crippen LogP contribution in [0.2, 0.25) is 0 Å². The van der Waals surface area contributed by atoms with Crippen molar-refractivity contribution in [2.75, 3.05) is 0 Å². The van der Waals surface area contributed by atoms with Crippen molar-refractivity contribution in [3.05, 3.63) is 0 Å². The van der Waals surface area contributed by atoms with E-state index in [0.29, 0.717) is 5.41 Å². The highest BCUT2D eigenvalue weighted by atomic mass is 14.9. The SMILES string of the molecule is CCC1CC1(N)CC(C)(C)C. The zero-order chi connectivity index (χ0) is 8.70. The fraction of sp³-hybridized carbons (Fsp3) is 1.00. The summed E-state index contributed by atoms with van der Waals surface area (Å²) < 4.78 is 0.